The van der Waals surface area contributed by atoms with Crippen LogP contribution in [-0.2, 0) is 4.79 Å². The molecule has 2 aliphatic heterocycles. The molecule has 0 saturated carbocycles. The second-order valence-electron chi connectivity index (χ2n) is 5.70. The van der Waals surface area contributed by atoms with Gasteiger partial charge in [-0.1, -0.05) is 6.92 Å². The van der Waals surface area contributed by atoms with E-state index in [1.54, 1.807) is 0 Å². The van der Waals surface area contributed by atoms with Crippen molar-refractivity contribution >= 4 is 5.91 Å². The van der Waals surface area contributed by atoms with E-state index < -0.39 is 0 Å². The third-order valence-electron chi connectivity index (χ3n) is 4.34. The molecule has 0 spiro atoms. The Kier molecular flexibility index (Phi) is 5.01. The van der Waals surface area contributed by atoms with Gasteiger partial charge in [-0.3, -0.25) is 9.69 Å². The van der Waals surface area contributed by atoms with Crippen molar-refractivity contribution in [1.29, 1.82) is 0 Å². The fraction of sp³-hybridized carbons (Fsp3) is 0.929. The number of piperidine rings is 1. The SMILES string of the molecule is CCCC(=O)N1CCC(N2CCN(C)CC2)CC1. The van der Waals surface area contributed by atoms with E-state index in [9.17, 15) is 4.79 Å². The fourth-order valence-corrected chi connectivity index (χ4v) is 3.04. The van der Waals surface area contributed by atoms with Gasteiger partial charge in [0, 0.05) is 51.7 Å². The minimum Gasteiger partial charge on any atom is -0.343 e. The van der Waals surface area contributed by atoms with Crippen molar-refractivity contribution in [3.8, 4) is 0 Å². The molecule has 0 unspecified atom stereocenters. The lowest BCUT2D eigenvalue weighted by molar-refractivity contribution is -0.132. The zero-order chi connectivity index (χ0) is 13.0. The van der Waals surface area contributed by atoms with E-state index in [1.807, 2.05) is 0 Å². The molecule has 2 heterocycles. The highest BCUT2D eigenvalue weighted by atomic mass is 16.2. The lowest BCUT2D eigenvalue weighted by atomic mass is 10.0. The van der Waals surface area contributed by atoms with Crippen molar-refractivity contribution in [1.82, 2.24) is 14.7 Å². The summed E-state index contributed by atoms with van der Waals surface area (Å²) >= 11 is 0. The Morgan fingerprint density at radius 3 is 2.22 bits per heavy atom. The third-order valence-corrected chi connectivity index (χ3v) is 4.34. The van der Waals surface area contributed by atoms with Gasteiger partial charge < -0.3 is 9.80 Å². The molecule has 2 fully saturated rings. The number of hydrogen-bond donors (Lipinski definition) is 0. The minimum atomic E-state index is 0.356. The maximum absolute atomic E-state index is 11.8. The van der Waals surface area contributed by atoms with E-state index in [0.29, 0.717) is 11.9 Å². The number of carbonyl (C=O) groups excluding carboxylic acids is 1. The van der Waals surface area contributed by atoms with Gasteiger partial charge in [0.05, 0.1) is 0 Å². The predicted octanol–water partition coefficient (Wildman–Crippen LogP) is 1.02. The molecule has 2 aliphatic rings. The third kappa shape index (κ3) is 3.45. The highest BCUT2D eigenvalue weighted by molar-refractivity contribution is 5.76. The fourth-order valence-electron chi connectivity index (χ4n) is 3.04. The van der Waals surface area contributed by atoms with Gasteiger partial charge in [0.25, 0.3) is 0 Å². The molecule has 0 aromatic rings. The molecule has 1 amide bonds. The first-order valence-electron chi connectivity index (χ1n) is 7.41. The average molecular weight is 253 g/mol. The normalized spacial score (nSPS) is 24.4. The van der Waals surface area contributed by atoms with E-state index in [2.05, 4.69) is 28.7 Å². The van der Waals surface area contributed by atoms with Gasteiger partial charge in [0.2, 0.25) is 5.91 Å². The first-order valence-corrected chi connectivity index (χ1v) is 7.41. The molecule has 104 valence electrons. The molecule has 0 aromatic heterocycles. The zero-order valence-corrected chi connectivity index (χ0v) is 11.9. The molecule has 0 aromatic carbocycles. The quantitative estimate of drug-likeness (QED) is 0.751. The minimum absolute atomic E-state index is 0.356. The van der Waals surface area contributed by atoms with Crippen LogP contribution in [0.4, 0.5) is 0 Å². The summed E-state index contributed by atoms with van der Waals surface area (Å²) in [6.07, 6.45) is 4.02. The maximum Gasteiger partial charge on any atom is 0.222 e. The standard InChI is InChI=1S/C14H27N3O/c1-3-4-14(18)17-7-5-13(6-8-17)16-11-9-15(2)10-12-16/h13H,3-12H2,1-2H3. The summed E-state index contributed by atoms with van der Waals surface area (Å²) in [6.45, 7) is 8.79. The highest BCUT2D eigenvalue weighted by Gasteiger charge is 2.27. The molecular formula is C14H27N3O. The summed E-state index contributed by atoms with van der Waals surface area (Å²) in [5, 5.41) is 0. The van der Waals surface area contributed by atoms with Gasteiger partial charge in [-0.05, 0) is 26.3 Å². The van der Waals surface area contributed by atoms with Crippen LogP contribution in [0.3, 0.4) is 0 Å². The van der Waals surface area contributed by atoms with Crippen LogP contribution in [0.1, 0.15) is 32.6 Å². The summed E-state index contributed by atoms with van der Waals surface area (Å²) in [7, 11) is 2.20. The number of hydrogen-bond acceptors (Lipinski definition) is 3. The van der Waals surface area contributed by atoms with E-state index in [4.69, 9.17) is 0 Å². The average Bonchev–Trinajstić information content (AvgIpc) is 2.40. The van der Waals surface area contributed by atoms with Crippen molar-refractivity contribution < 1.29 is 4.79 Å². The van der Waals surface area contributed by atoms with Gasteiger partial charge in [0.15, 0.2) is 0 Å². The summed E-state index contributed by atoms with van der Waals surface area (Å²) < 4.78 is 0. The van der Waals surface area contributed by atoms with Crippen molar-refractivity contribution in [3.05, 3.63) is 0 Å². The predicted molar refractivity (Wildman–Crippen MR) is 73.6 cm³/mol. The molecule has 0 aliphatic carbocycles. The Hall–Kier alpha value is -0.610. The first kappa shape index (κ1) is 13.8. The van der Waals surface area contributed by atoms with Crippen molar-refractivity contribution in [3.63, 3.8) is 0 Å². The second kappa shape index (κ2) is 6.53. The monoisotopic (exact) mass is 253 g/mol. The second-order valence-corrected chi connectivity index (χ2v) is 5.70. The van der Waals surface area contributed by atoms with Gasteiger partial charge in [0.1, 0.15) is 0 Å². The molecule has 4 heteroatoms. The molecule has 2 rings (SSSR count). The van der Waals surface area contributed by atoms with E-state index in [0.717, 1.165) is 25.9 Å². The van der Waals surface area contributed by atoms with Crippen molar-refractivity contribution in [2.45, 2.75) is 38.6 Å². The van der Waals surface area contributed by atoms with Crippen LogP contribution in [0.25, 0.3) is 0 Å². The zero-order valence-electron chi connectivity index (χ0n) is 11.9. The Morgan fingerprint density at radius 2 is 1.67 bits per heavy atom. The number of carbonyl (C=O) groups is 1. The maximum atomic E-state index is 11.8. The lowest BCUT2D eigenvalue weighted by Crippen LogP contribution is -2.52. The van der Waals surface area contributed by atoms with Crippen LogP contribution in [0.2, 0.25) is 0 Å². The number of likely N-dealkylation sites (tertiary alicyclic amines) is 1. The molecule has 0 atom stereocenters. The van der Waals surface area contributed by atoms with Crippen LogP contribution in [0, 0.1) is 0 Å². The molecule has 0 radical (unpaired) electrons. The van der Waals surface area contributed by atoms with Crippen LogP contribution in [0.5, 0.6) is 0 Å². The van der Waals surface area contributed by atoms with Crippen molar-refractivity contribution in [2.75, 3.05) is 46.3 Å². The molecule has 2 saturated heterocycles. The number of rotatable bonds is 3. The Balaban J connectivity index is 1.74. The Bertz CT molecular complexity index is 266. The van der Waals surface area contributed by atoms with E-state index >= 15 is 0 Å². The summed E-state index contributed by atoms with van der Waals surface area (Å²) in [4.78, 5) is 18.9. The van der Waals surface area contributed by atoms with Gasteiger partial charge in [-0.25, -0.2) is 0 Å². The largest absolute Gasteiger partial charge is 0.343 e. The van der Waals surface area contributed by atoms with Gasteiger partial charge in [-0.2, -0.15) is 0 Å². The van der Waals surface area contributed by atoms with Gasteiger partial charge in [-0.15, -0.1) is 0 Å². The highest BCUT2D eigenvalue weighted by Crippen LogP contribution is 2.18. The van der Waals surface area contributed by atoms with E-state index in [-0.39, 0.29) is 0 Å². The summed E-state index contributed by atoms with van der Waals surface area (Å²) in [5.41, 5.74) is 0. The lowest BCUT2D eigenvalue weighted by Gasteiger charge is -2.42. The van der Waals surface area contributed by atoms with Crippen LogP contribution < -0.4 is 0 Å². The summed E-state index contributed by atoms with van der Waals surface area (Å²) in [5.74, 6) is 0.356. The molecular weight excluding hydrogens is 226 g/mol. The molecule has 0 N–H and O–H groups in total. The van der Waals surface area contributed by atoms with Crippen molar-refractivity contribution in [2.24, 2.45) is 0 Å². The smallest absolute Gasteiger partial charge is 0.222 e. The Morgan fingerprint density at radius 1 is 1.06 bits per heavy atom. The molecule has 0 bridgehead atoms. The molecule has 18 heavy (non-hydrogen) atoms. The number of piperazine rings is 1. The number of likely N-dealkylation sites (N-methyl/N-ethyl adjacent to an activating group) is 1. The number of amides is 1. The first-order chi connectivity index (χ1) is 8.70. The number of nitrogens with zero attached hydrogens (tertiary/aromatic N) is 3. The molecule has 4 nitrogen and oxygen atoms in total. The van der Waals surface area contributed by atoms with Crippen LogP contribution in [0.15, 0.2) is 0 Å². The Labute approximate surface area is 111 Å². The topological polar surface area (TPSA) is 26.8 Å². The van der Waals surface area contributed by atoms with Crippen LogP contribution >= 0.6 is 0 Å². The van der Waals surface area contributed by atoms with Crippen LogP contribution in [-0.4, -0.2) is 73.0 Å². The van der Waals surface area contributed by atoms with E-state index in [1.165, 1.54) is 39.0 Å². The van der Waals surface area contributed by atoms with Gasteiger partial charge >= 0.3 is 0 Å². The summed E-state index contributed by atoms with van der Waals surface area (Å²) in [6, 6.07) is 0.712.